The van der Waals surface area contributed by atoms with Gasteiger partial charge in [0, 0.05) is 40.6 Å². The topological polar surface area (TPSA) is 128 Å². The zero-order chi connectivity index (χ0) is 31.8. The van der Waals surface area contributed by atoms with Crippen molar-refractivity contribution in [1.82, 2.24) is 15.6 Å². The van der Waals surface area contributed by atoms with E-state index < -0.39 is 17.6 Å². The summed E-state index contributed by atoms with van der Waals surface area (Å²) < 4.78 is 26.8. The number of aryl methyl sites for hydroxylation is 1. The molecule has 0 bridgehead atoms. The summed E-state index contributed by atoms with van der Waals surface area (Å²) >= 11 is 6.15. The average molecular weight is 634 g/mol. The van der Waals surface area contributed by atoms with E-state index in [1.54, 1.807) is 37.6 Å². The van der Waals surface area contributed by atoms with Crippen LogP contribution in [0.3, 0.4) is 0 Å². The van der Waals surface area contributed by atoms with Crippen LogP contribution in [0.1, 0.15) is 36.8 Å². The second-order valence-corrected chi connectivity index (χ2v) is 11.5. The van der Waals surface area contributed by atoms with Gasteiger partial charge >= 0.3 is 11.8 Å². The standard InChI is InChI=1S/C34H37ClFN5O4/c1-44-32-20-26-29(17-23(32)4-2-3-21-9-13-38-14-10-21)39-16-12-30(26)45-31-8-7-25(19-28(31)36)41-34(43)33(42)40-15-11-22-5-6-24(37)18-27(22)35/h5-8,12,16-21,38H,2-4,9-11,13-15,37H2,1H3,(H,40,42)(H,41,43). The number of rotatable bonds is 11. The van der Waals surface area contributed by atoms with Gasteiger partial charge in [-0.2, -0.15) is 0 Å². The zero-order valence-corrected chi connectivity index (χ0v) is 25.9. The molecular formula is C34H37ClFN5O4. The smallest absolute Gasteiger partial charge is 0.313 e. The van der Waals surface area contributed by atoms with Crippen molar-refractivity contribution in [2.75, 3.05) is 37.8 Å². The molecule has 236 valence electrons. The molecule has 1 aromatic heterocycles. The minimum absolute atomic E-state index is 0.0460. The Morgan fingerprint density at radius 3 is 2.58 bits per heavy atom. The third-order valence-electron chi connectivity index (χ3n) is 7.99. The summed E-state index contributed by atoms with van der Waals surface area (Å²) in [5.74, 6) is -0.633. The Kier molecular flexibility index (Phi) is 10.7. The molecule has 0 unspecified atom stereocenters. The third kappa shape index (κ3) is 8.40. The minimum atomic E-state index is -0.926. The van der Waals surface area contributed by atoms with Crippen molar-refractivity contribution in [2.45, 2.75) is 38.5 Å². The van der Waals surface area contributed by atoms with Gasteiger partial charge in [0.25, 0.3) is 0 Å². The molecule has 0 spiro atoms. The first-order valence-corrected chi connectivity index (χ1v) is 15.5. The fraction of sp³-hybridized carbons (Fsp3) is 0.324. The lowest BCUT2D eigenvalue weighted by Gasteiger charge is -2.22. The van der Waals surface area contributed by atoms with Crippen LogP contribution in [-0.2, 0) is 22.4 Å². The van der Waals surface area contributed by atoms with Crippen LogP contribution >= 0.6 is 11.6 Å². The maximum absolute atomic E-state index is 15.1. The highest BCUT2D eigenvalue weighted by Gasteiger charge is 2.17. The minimum Gasteiger partial charge on any atom is -0.496 e. The first-order valence-electron chi connectivity index (χ1n) is 15.1. The second kappa shape index (κ2) is 15.0. The molecule has 9 nitrogen and oxygen atoms in total. The molecule has 0 saturated carbocycles. The number of pyridine rings is 1. The number of nitrogen functional groups attached to an aromatic ring is 1. The van der Waals surface area contributed by atoms with Crippen LogP contribution in [0.15, 0.2) is 60.8 Å². The molecule has 3 aromatic carbocycles. The number of fused-ring (bicyclic) bond motifs is 1. The zero-order valence-electron chi connectivity index (χ0n) is 25.1. The van der Waals surface area contributed by atoms with E-state index in [1.807, 2.05) is 12.1 Å². The highest BCUT2D eigenvalue weighted by atomic mass is 35.5. The Labute approximate surface area is 266 Å². The number of nitrogens with one attached hydrogen (secondary N) is 3. The number of hydrogen-bond donors (Lipinski definition) is 4. The van der Waals surface area contributed by atoms with E-state index in [2.05, 4.69) is 20.9 Å². The summed E-state index contributed by atoms with van der Waals surface area (Å²) in [5, 5.41) is 9.52. The molecule has 2 heterocycles. The Bertz CT molecular complexity index is 1680. The summed E-state index contributed by atoms with van der Waals surface area (Å²) in [4.78, 5) is 29.2. The molecular weight excluding hydrogens is 597 g/mol. The van der Waals surface area contributed by atoms with Crippen LogP contribution in [0.4, 0.5) is 15.8 Å². The van der Waals surface area contributed by atoms with Crippen molar-refractivity contribution in [3.05, 3.63) is 82.8 Å². The quantitative estimate of drug-likeness (QED) is 0.117. The fourth-order valence-electron chi connectivity index (χ4n) is 5.54. The number of hydrogen-bond acceptors (Lipinski definition) is 7. The van der Waals surface area contributed by atoms with Crippen LogP contribution in [-0.4, -0.2) is 43.5 Å². The van der Waals surface area contributed by atoms with E-state index in [0.717, 1.165) is 60.3 Å². The van der Waals surface area contributed by atoms with Crippen LogP contribution in [0.2, 0.25) is 5.02 Å². The van der Waals surface area contributed by atoms with Crippen molar-refractivity contribution >= 4 is 45.7 Å². The van der Waals surface area contributed by atoms with Crippen molar-refractivity contribution in [3.63, 3.8) is 0 Å². The molecule has 45 heavy (non-hydrogen) atoms. The van der Waals surface area contributed by atoms with E-state index in [-0.39, 0.29) is 18.0 Å². The molecule has 0 atom stereocenters. The van der Waals surface area contributed by atoms with Crippen molar-refractivity contribution in [3.8, 4) is 17.2 Å². The van der Waals surface area contributed by atoms with E-state index in [1.165, 1.54) is 31.4 Å². The van der Waals surface area contributed by atoms with Gasteiger partial charge in [-0.05, 0) is 105 Å². The molecule has 0 radical (unpaired) electrons. The largest absolute Gasteiger partial charge is 0.496 e. The Morgan fingerprint density at radius 1 is 1.00 bits per heavy atom. The number of carbonyl (C=O) groups excluding carboxylic acids is 2. The second-order valence-electron chi connectivity index (χ2n) is 11.1. The molecule has 2 amide bonds. The van der Waals surface area contributed by atoms with Crippen molar-refractivity contribution in [2.24, 2.45) is 5.92 Å². The number of halogens is 2. The first kappa shape index (κ1) is 32.0. The lowest BCUT2D eigenvalue weighted by Crippen LogP contribution is -2.36. The van der Waals surface area contributed by atoms with E-state index in [0.29, 0.717) is 28.3 Å². The van der Waals surface area contributed by atoms with E-state index in [9.17, 15) is 9.59 Å². The average Bonchev–Trinajstić information content (AvgIpc) is 3.03. The van der Waals surface area contributed by atoms with Gasteiger partial charge in [0.05, 0.1) is 12.6 Å². The van der Waals surface area contributed by atoms with Gasteiger partial charge in [0.2, 0.25) is 0 Å². The summed E-state index contributed by atoms with van der Waals surface area (Å²) in [6.45, 7) is 2.37. The van der Waals surface area contributed by atoms with Crippen LogP contribution in [0, 0.1) is 11.7 Å². The van der Waals surface area contributed by atoms with Gasteiger partial charge < -0.3 is 31.2 Å². The van der Waals surface area contributed by atoms with Crippen LogP contribution in [0.5, 0.6) is 17.2 Å². The third-order valence-corrected chi connectivity index (χ3v) is 8.35. The van der Waals surface area contributed by atoms with Crippen LogP contribution in [0.25, 0.3) is 10.9 Å². The maximum atomic E-state index is 15.1. The number of anilines is 2. The summed E-state index contributed by atoms with van der Waals surface area (Å²) in [6.07, 6.45) is 7.60. The number of aromatic nitrogens is 1. The fourth-order valence-corrected chi connectivity index (χ4v) is 5.83. The summed E-state index contributed by atoms with van der Waals surface area (Å²) in [6, 6.07) is 14.6. The van der Waals surface area contributed by atoms with Gasteiger partial charge in [-0.3, -0.25) is 14.6 Å². The number of nitrogens with zero attached hydrogens (tertiary/aromatic N) is 1. The Hall–Kier alpha value is -4.41. The van der Waals surface area contributed by atoms with Gasteiger partial charge in [-0.1, -0.05) is 24.1 Å². The number of piperidine rings is 1. The van der Waals surface area contributed by atoms with E-state index in [4.69, 9.17) is 26.8 Å². The molecule has 5 rings (SSSR count). The predicted molar refractivity (Wildman–Crippen MR) is 175 cm³/mol. The number of ether oxygens (including phenoxy) is 2. The normalized spacial score (nSPS) is 13.4. The lowest BCUT2D eigenvalue weighted by atomic mass is 9.91. The van der Waals surface area contributed by atoms with Gasteiger partial charge in [-0.15, -0.1) is 0 Å². The number of nitrogens with two attached hydrogens (primary N) is 1. The molecule has 1 fully saturated rings. The first-order chi connectivity index (χ1) is 21.8. The molecule has 5 N–H and O–H groups in total. The summed E-state index contributed by atoms with van der Waals surface area (Å²) in [5.41, 5.74) is 8.92. The predicted octanol–water partition coefficient (Wildman–Crippen LogP) is 6.03. The SMILES string of the molecule is COc1cc2c(Oc3ccc(NC(=O)C(=O)NCCc4ccc(N)cc4Cl)cc3F)ccnc2cc1CCCC1CCNCC1. The summed E-state index contributed by atoms with van der Waals surface area (Å²) in [7, 11) is 1.64. The van der Waals surface area contributed by atoms with Crippen molar-refractivity contribution in [1.29, 1.82) is 0 Å². The molecule has 4 aromatic rings. The molecule has 1 aliphatic heterocycles. The van der Waals surface area contributed by atoms with Gasteiger partial charge in [0.15, 0.2) is 11.6 Å². The molecule has 1 saturated heterocycles. The molecule has 11 heteroatoms. The highest BCUT2D eigenvalue weighted by Crippen LogP contribution is 2.35. The number of amides is 2. The number of carbonyl (C=O) groups is 2. The maximum Gasteiger partial charge on any atom is 0.313 e. The monoisotopic (exact) mass is 633 g/mol. The van der Waals surface area contributed by atoms with Crippen molar-refractivity contribution < 1.29 is 23.5 Å². The van der Waals surface area contributed by atoms with E-state index >= 15 is 4.39 Å². The lowest BCUT2D eigenvalue weighted by molar-refractivity contribution is -0.136. The number of methoxy groups -OCH3 is 1. The molecule has 0 aliphatic carbocycles. The van der Waals surface area contributed by atoms with Gasteiger partial charge in [0.1, 0.15) is 11.5 Å². The van der Waals surface area contributed by atoms with Crippen LogP contribution < -0.4 is 31.2 Å². The molecule has 1 aliphatic rings. The Balaban J connectivity index is 1.19. The Morgan fingerprint density at radius 2 is 1.82 bits per heavy atom. The number of benzene rings is 3. The van der Waals surface area contributed by atoms with Gasteiger partial charge in [-0.25, -0.2) is 4.39 Å². The highest BCUT2D eigenvalue weighted by molar-refractivity contribution is 6.39.